The van der Waals surface area contributed by atoms with Crippen molar-refractivity contribution in [2.75, 3.05) is 25.6 Å². The van der Waals surface area contributed by atoms with Crippen LogP contribution in [-0.2, 0) is 4.74 Å². The highest BCUT2D eigenvalue weighted by Gasteiger charge is 1.98. The maximum absolute atomic E-state index is 10.3. The number of ether oxygens (including phenoxy) is 1. The molecule has 0 aliphatic rings. The third kappa shape index (κ3) is 10.3. The van der Waals surface area contributed by atoms with E-state index >= 15 is 0 Å². The van der Waals surface area contributed by atoms with Crippen LogP contribution in [0.1, 0.15) is 43.0 Å². The average molecular weight is 283 g/mol. The molecule has 0 saturated carbocycles. The average Bonchev–Trinajstić information content (AvgIpc) is 2.44. The molecular formula is C15H25NO4. The lowest BCUT2D eigenvalue weighted by Crippen LogP contribution is -2.00. The van der Waals surface area contributed by atoms with Gasteiger partial charge in [-0.1, -0.05) is 26.2 Å². The summed E-state index contributed by atoms with van der Waals surface area (Å²) in [7, 11) is 0. The Kier molecular flexibility index (Phi) is 11.5. The Balaban J connectivity index is 0.000000361. The SMILES string of the molecule is CCCCCCOCCO.Nc1ccc(C(=O)O)cc1. The first-order valence-electron chi connectivity index (χ1n) is 6.89. The Morgan fingerprint density at radius 3 is 2.30 bits per heavy atom. The molecule has 0 unspecified atom stereocenters. The van der Waals surface area contributed by atoms with Crippen LogP contribution in [0.4, 0.5) is 5.69 Å². The van der Waals surface area contributed by atoms with Gasteiger partial charge in [-0.2, -0.15) is 0 Å². The van der Waals surface area contributed by atoms with Gasteiger partial charge in [-0.15, -0.1) is 0 Å². The molecule has 0 aliphatic heterocycles. The number of hydrogen-bond acceptors (Lipinski definition) is 4. The van der Waals surface area contributed by atoms with E-state index in [0.717, 1.165) is 13.0 Å². The number of rotatable bonds is 8. The smallest absolute Gasteiger partial charge is 0.335 e. The highest BCUT2D eigenvalue weighted by molar-refractivity contribution is 5.87. The summed E-state index contributed by atoms with van der Waals surface area (Å²) >= 11 is 0. The fraction of sp³-hybridized carbons (Fsp3) is 0.533. The Morgan fingerprint density at radius 2 is 1.80 bits per heavy atom. The number of anilines is 1. The molecule has 0 radical (unpaired) electrons. The summed E-state index contributed by atoms with van der Waals surface area (Å²) < 4.78 is 5.08. The number of unbranched alkanes of at least 4 members (excludes halogenated alkanes) is 3. The largest absolute Gasteiger partial charge is 0.478 e. The second-order valence-electron chi connectivity index (χ2n) is 4.32. The lowest BCUT2D eigenvalue weighted by Gasteiger charge is -2.00. The number of carboxylic acid groups (broad SMARTS) is 1. The van der Waals surface area contributed by atoms with E-state index in [4.69, 9.17) is 20.7 Å². The molecule has 0 aromatic heterocycles. The summed E-state index contributed by atoms with van der Waals surface area (Å²) in [6.07, 6.45) is 4.94. The Morgan fingerprint density at radius 1 is 1.15 bits per heavy atom. The van der Waals surface area contributed by atoms with Gasteiger partial charge in [0.15, 0.2) is 0 Å². The molecule has 5 heteroatoms. The minimum atomic E-state index is -0.931. The van der Waals surface area contributed by atoms with Gasteiger partial charge in [0.2, 0.25) is 0 Å². The van der Waals surface area contributed by atoms with Crippen molar-refractivity contribution in [2.24, 2.45) is 0 Å². The van der Waals surface area contributed by atoms with Crippen molar-refractivity contribution < 1.29 is 19.7 Å². The normalized spacial score (nSPS) is 9.70. The van der Waals surface area contributed by atoms with Crippen LogP contribution in [0.15, 0.2) is 24.3 Å². The Labute approximate surface area is 120 Å². The molecule has 0 heterocycles. The minimum Gasteiger partial charge on any atom is -0.478 e. The van der Waals surface area contributed by atoms with Crippen molar-refractivity contribution >= 4 is 11.7 Å². The van der Waals surface area contributed by atoms with Crippen molar-refractivity contribution in [3.05, 3.63) is 29.8 Å². The first-order valence-corrected chi connectivity index (χ1v) is 6.89. The van der Waals surface area contributed by atoms with E-state index < -0.39 is 5.97 Å². The van der Waals surface area contributed by atoms with Crippen LogP contribution in [0.25, 0.3) is 0 Å². The zero-order valence-electron chi connectivity index (χ0n) is 12.0. The van der Waals surface area contributed by atoms with E-state index in [9.17, 15) is 4.79 Å². The van der Waals surface area contributed by atoms with Crippen molar-refractivity contribution in [3.8, 4) is 0 Å². The predicted octanol–water partition coefficient (Wildman–Crippen LogP) is 2.54. The van der Waals surface area contributed by atoms with Crippen LogP contribution in [0.5, 0.6) is 0 Å². The van der Waals surface area contributed by atoms with Crippen LogP contribution >= 0.6 is 0 Å². The van der Waals surface area contributed by atoms with Crippen LogP contribution in [0, 0.1) is 0 Å². The summed E-state index contributed by atoms with van der Waals surface area (Å²) in [5.74, 6) is -0.931. The molecule has 5 nitrogen and oxygen atoms in total. The molecule has 0 saturated heterocycles. The zero-order valence-corrected chi connectivity index (χ0v) is 12.0. The third-order valence-electron chi connectivity index (χ3n) is 2.54. The predicted molar refractivity (Wildman–Crippen MR) is 79.9 cm³/mol. The topological polar surface area (TPSA) is 92.8 Å². The fourth-order valence-electron chi connectivity index (χ4n) is 1.42. The van der Waals surface area contributed by atoms with E-state index in [1.165, 1.54) is 31.4 Å². The third-order valence-corrected chi connectivity index (χ3v) is 2.54. The van der Waals surface area contributed by atoms with Crippen LogP contribution in [0.3, 0.4) is 0 Å². The molecule has 0 aliphatic carbocycles. The summed E-state index contributed by atoms with van der Waals surface area (Å²) in [5, 5.41) is 16.8. The van der Waals surface area contributed by atoms with Crippen LogP contribution in [0.2, 0.25) is 0 Å². The second-order valence-corrected chi connectivity index (χ2v) is 4.32. The first kappa shape index (κ1) is 18.4. The van der Waals surface area contributed by atoms with Crippen LogP contribution < -0.4 is 5.73 Å². The van der Waals surface area contributed by atoms with Crippen LogP contribution in [-0.4, -0.2) is 36.0 Å². The van der Waals surface area contributed by atoms with Gasteiger partial charge in [-0.3, -0.25) is 0 Å². The summed E-state index contributed by atoms with van der Waals surface area (Å²) in [5.41, 5.74) is 6.17. The molecule has 20 heavy (non-hydrogen) atoms. The second kappa shape index (κ2) is 12.4. The monoisotopic (exact) mass is 283 g/mol. The van der Waals surface area contributed by atoms with Gasteiger partial charge < -0.3 is 20.7 Å². The van der Waals surface area contributed by atoms with Gasteiger partial charge in [0.1, 0.15) is 0 Å². The quantitative estimate of drug-likeness (QED) is 0.503. The number of nitrogens with two attached hydrogens (primary N) is 1. The number of benzene rings is 1. The lowest BCUT2D eigenvalue weighted by atomic mass is 10.2. The maximum atomic E-state index is 10.3. The van der Waals surface area contributed by atoms with Crippen molar-refractivity contribution in [3.63, 3.8) is 0 Å². The molecule has 0 atom stereocenters. The number of carbonyl (C=O) groups is 1. The number of nitrogen functional groups attached to an aromatic ring is 1. The number of carboxylic acids is 1. The molecule has 0 fully saturated rings. The molecule has 4 N–H and O–H groups in total. The number of aliphatic hydroxyl groups is 1. The Bertz CT molecular complexity index is 343. The molecule has 1 aromatic rings. The standard InChI is InChI=1S/C8H18O2.C7H7NO2/c1-2-3-4-5-7-10-8-6-9;8-6-3-1-5(2-4-6)7(9)10/h9H,2-8H2,1H3;1-4H,8H2,(H,9,10). The van der Waals surface area contributed by atoms with Crippen molar-refractivity contribution in [1.29, 1.82) is 0 Å². The lowest BCUT2D eigenvalue weighted by molar-refractivity contribution is 0.0697. The van der Waals surface area contributed by atoms with E-state index in [2.05, 4.69) is 6.92 Å². The van der Waals surface area contributed by atoms with Gasteiger partial charge in [0.05, 0.1) is 18.8 Å². The van der Waals surface area contributed by atoms with E-state index in [-0.39, 0.29) is 12.2 Å². The minimum absolute atomic E-state index is 0.147. The van der Waals surface area contributed by atoms with Crippen molar-refractivity contribution in [2.45, 2.75) is 32.6 Å². The van der Waals surface area contributed by atoms with E-state index in [1.54, 1.807) is 12.1 Å². The van der Waals surface area contributed by atoms with E-state index in [0.29, 0.717) is 12.3 Å². The highest BCUT2D eigenvalue weighted by Crippen LogP contribution is 2.04. The van der Waals surface area contributed by atoms with Gasteiger partial charge >= 0.3 is 5.97 Å². The summed E-state index contributed by atoms with van der Waals surface area (Å²) in [4.78, 5) is 10.3. The first-order chi connectivity index (χ1) is 9.61. The molecule has 0 spiro atoms. The highest BCUT2D eigenvalue weighted by atomic mass is 16.5. The Hall–Kier alpha value is -1.59. The number of hydrogen-bond donors (Lipinski definition) is 3. The summed E-state index contributed by atoms with van der Waals surface area (Å²) in [6, 6.07) is 6.06. The summed E-state index contributed by atoms with van der Waals surface area (Å²) in [6.45, 7) is 3.63. The molecule has 1 rings (SSSR count). The number of aliphatic hydroxyl groups excluding tert-OH is 1. The van der Waals surface area contributed by atoms with Gasteiger partial charge in [0.25, 0.3) is 0 Å². The fourth-order valence-corrected chi connectivity index (χ4v) is 1.42. The number of aromatic carboxylic acids is 1. The molecule has 0 bridgehead atoms. The maximum Gasteiger partial charge on any atom is 0.335 e. The molecule has 114 valence electrons. The van der Waals surface area contributed by atoms with Crippen molar-refractivity contribution in [1.82, 2.24) is 0 Å². The van der Waals surface area contributed by atoms with Gasteiger partial charge in [0, 0.05) is 12.3 Å². The van der Waals surface area contributed by atoms with Gasteiger partial charge in [-0.25, -0.2) is 4.79 Å². The van der Waals surface area contributed by atoms with E-state index in [1.807, 2.05) is 0 Å². The molecule has 0 amide bonds. The molecular weight excluding hydrogens is 258 g/mol. The zero-order chi connectivity index (χ0) is 15.2. The van der Waals surface area contributed by atoms with Gasteiger partial charge in [-0.05, 0) is 30.7 Å². The molecule has 1 aromatic carbocycles.